The van der Waals surface area contributed by atoms with E-state index in [1.54, 1.807) is 28.2 Å². The molecule has 0 saturated carbocycles. The van der Waals surface area contributed by atoms with Gasteiger partial charge in [-0.1, -0.05) is 6.42 Å². The summed E-state index contributed by atoms with van der Waals surface area (Å²) in [6, 6.07) is 1.61. The molecule has 2 rings (SSSR count). The first-order chi connectivity index (χ1) is 8.46. The lowest BCUT2D eigenvalue weighted by Crippen LogP contribution is -2.41. The van der Waals surface area contributed by atoms with Crippen molar-refractivity contribution in [2.75, 3.05) is 6.54 Å². The van der Waals surface area contributed by atoms with Crippen LogP contribution in [-0.2, 0) is 23.7 Å². The SMILES string of the molecule is CC1CCCCN1S(=O)(=O)c1cc(CO)n(C)c1. The van der Waals surface area contributed by atoms with Crippen LogP contribution in [0.5, 0.6) is 0 Å². The van der Waals surface area contributed by atoms with Gasteiger partial charge >= 0.3 is 0 Å². The molecule has 0 aromatic carbocycles. The average molecular weight is 272 g/mol. The first-order valence-electron chi connectivity index (χ1n) is 6.24. The van der Waals surface area contributed by atoms with E-state index in [1.807, 2.05) is 6.92 Å². The molecular weight excluding hydrogens is 252 g/mol. The van der Waals surface area contributed by atoms with Crippen molar-refractivity contribution in [2.45, 2.75) is 43.7 Å². The van der Waals surface area contributed by atoms with Gasteiger partial charge in [0.2, 0.25) is 10.0 Å². The number of aliphatic hydroxyl groups excluding tert-OH is 1. The van der Waals surface area contributed by atoms with Gasteiger partial charge in [-0.25, -0.2) is 8.42 Å². The van der Waals surface area contributed by atoms with E-state index in [2.05, 4.69) is 0 Å². The molecule has 1 atom stereocenters. The fraction of sp³-hybridized carbons (Fsp3) is 0.667. The molecule has 1 aliphatic rings. The lowest BCUT2D eigenvalue weighted by atomic mass is 10.1. The molecule has 0 bridgehead atoms. The van der Waals surface area contributed by atoms with Crippen LogP contribution in [0, 0.1) is 0 Å². The molecule has 1 aromatic heterocycles. The summed E-state index contributed by atoms with van der Waals surface area (Å²) < 4.78 is 28.3. The van der Waals surface area contributed by atoms with Crippen molar-refractivity contribution in [1.29, 1.82) is 0 Å². The first-order valence-corrected chi connectivity index (χ1v) is 7.68. The Bertz CT molecular complexity index is 521. The molecule has 1 fully saturated rings. The Morgan fingerprint density at radius 2 is 2.17 bits per heavy atom. The zero-order valence-corrected chi connectivity index (χ0v) is 11.7. The van der Waals surface area contributed by atoms with Crippen LogP contribution in [0.4, 0.5) is 0 Å². The van der Waals surface area contributed by atoms with Crippen LogP contribution >= 0.6 is 0 Å². The van der Waals surface area contributed by atoms with Crippen molar-refractivity contribution < 1.29 is 13.5 Å². The summed E-state index contributed by atoms with van der Waals surface area (Å²) in [5, 5.41) is 9.13. The number of aromatic nitrogens is 1. The van der Waals surface area contributed by atoms with Crippen LogP contribution in [-0.4, -0.2) is 35.0 Å². The van der Waals surface area contributed by atoms with Gasteiger partial charge in [0, 0.05) is 31.5 Å². The second-order valence-electron chi connectivity index (χ2n) is 4.90. The third-order valence-corrected chi connectivity index (χ3v) is 5.57. The van der Waals surface area contributed by atoms with E-state index < -0.39 is 10.0 Å². The Morgan fingerprint density at radius 1 is 1.44 bits per heavy atom. The van der Waals surface area contributed by atoms with Crippen molar-refractivity contribution in [3.05, 3.63) is 18.0 Å². The fourth-order valence-corrected chi connectivity index (χ4v) is 4.24. The average Bonchev–Trinajstić information content (AvgIpc) is 2.71. The summed E-state index contributed by atoms with van der Waals surface area (Å²) in [4.78, 5) is 0.280. The van der Waals surface area contributed by atoms with Gasteiger partial charge in [-0.2, -0.15) is 4.31 Å². The van der Waals surface area contributed by atoms with E-state index in [-0.39, 0.29) is 17.5 Å². The van der Waals surface area contributed by atoms with Gasteiger partial charge in [-0.05, 0) is 25.8 Å². The maximum Gasteiger partial charge on any atom is 0.244 e. The minimum atomic E-state index is -3.42. The van der Waals surface area contributed by atoms with Gasteiger partial charge in [-0.3, -0.25) is 0 Å². The minimum absolute atomic E-state index is 0.0570. The summed E-state index contributed by atoms with van der Waals surface area (Å²) >= 11 is 0. The van der Waals surface area contributed by atoms with E-state index in [1.165, 1.54) is 0 Å². The third kappa shape index (κ3) is 2.32. The molecule has 0 spiro atoms. The maximum atomic E-state index is 12.5. The molecule has 5 nitrogen and oxygen atoms in total. The number of piperidine rings is 1. The summed E-state index contributed by atoms with van der Waals surface area (Å²) in [6.07, 6.45) is 4.49. The number of hydrogen-bond acceptors (Lipinski definition) is 3. The quantitative estimate of drug-likeness (QED) is 0.895. The minimum Gasteiger partial charge on any atom is -0.390 e. The molecule has 0 radical (unpaired) electrons. The van der Waals surface area contributed by atoms with E-state index in [4.69, 9.17) is 5.11 Å². The summed E-state index contributed by atoms with van der Waals surface area (Å²) in [6.45, 7) is 2.39. The van der Waals surface area contributed by atoms with Crippen molar-refractivity contribution in [3.8, 4) is 0 Å². The van der Waals surface area contributed by atoms with Gasteiger partial charge in [0.15, 0.2) is 0 Å². The van der Waals surface area contributed by atoms with Gasteiger partial charge in [0.05, 0.1) is 6.61 Å². The first kappa shape index (κ1) is 13.6. The molecule has 0 amide bonds. The normalized spacial score (nSPS) is 22.3. The maximum absolute atomic E-state index is 12.5. The molecule has 2 heterocycles. The van der Waals surface area contributed by atoms with E-state index >= 15 is 0 Å². The largest absolute Gasteiger partial charge is 0.390 e. The molecule has 6 heteroatoms. The number of aryl methyl sites for hydroxylation is 1. The number of aliphatic hydroxyl groups is 1. The molecule has 1 N–H and O–H groups in total. The van der Waals surface area contributed by atoms with Crippen molar-refractivity contribution in [2.24, 2.45) is 7.05 Å². The predicted molar refractivity (Wildman–Crippen MR) is 68.5 cm³/mol. The third-order valence-electron chi connectivity index (χ3n) is 3.59. The summed E-state index contributed by atoms with van der Waals surface area (Å²) in [5.74, 6) is 0. The number of sulfonamides is 1. The van der Waals surface area contributed by atoms with Gasteiger partial charge in [-0.15, -0.1) is 0 Å². The van der Waals surface area contributed by atoms with Crippen LogP contribution in [0.3, 0.4) is 0 Å². The Labute approximate surface area is 108 Å². The number of rotatable bonds is 3. The highest BCUT2D eigenvalue weighted by molar-refractivity contribution is 7.89. The molecule has 1 aliphatic heterocycles. The molecule has 18 heavy (non-hydrogen) atoms. The van der Waals surface area contributed by atoms with Crippen LogP contribution in [0.2, 0.25) is 0 Å². The zero-order chi connectivity index (χ0) is 13.3. The molecule has 1 aromatic rings. The summed E-state index contributed by atoms with van der Waals surface area (Å²) in [5.41, 5.74) is 0.609. The Hall–Kier alpha value is -0.850. The predicted octanol–water partition coefficient (Wildman–Crippen LogP) is 1.08. The highest BCUT2D eigenvalue weighted by Crippen LogP contribution is 2.26. The number of hydrogen-bond donors (Lipinski definition) is 1. The van der Waals surface area contributed by atoms with Crippen molar-refractivity contribution in [3.63, 3.8) is 0 Å². The Balaban J connectivity index is 2.34. The second-order valence-corrected chi connectivity index (χ2v) is 6.79. The Morgan fingerprint density at radius 3 is 2.72 bits per heavy atom. The zero-order valence-electron chi connectivity index (χ0n) is 10.8. The van der Waals surface area contributed by atoms with Crippen molar-refractivity contribution in [1.82, 2.24) is 8.87 Å². The standard InChI is InChI=1S/C12H20N2O3S/c1-10-5-3-4-6-14(10)18(16,17)12-7-11(9-15)13(2)8-12/h7-8,10,15H,3-6,9H2,1-2H3. The topological polar surface area (TPSA) is 62.5 Å². The second kappa shape index (κ2) is 5.03. The van der Waals surface area contributed by atoms with Crippen LogP contribution < -0.4 is 0 Å². The molecule has 0 aliphatic carbocycles. The van der Waals surface area contributed by atoms with E-state index in [9.17, 15) is 8.42 Å². The van der Waals surface area contributed by atoms with Crippen LogP contribution in [0.25, 0.3) is 0 Å². The van der Waals surface area contributed by atoms with Gasteiger partial charge < -0.3 is 9.67 Å². The lowest BCUT2D eigenvalue weighted by Gasteiger charge is -2.31. The molecule has 1 unspecified atom stereocenters. The number of nitrogens with zero attached hydrogens (tertiary/aromatic N) is 2. The molecule has 1 saturated heterocycles. The van der Waals surface area contributed by atoms with Gasteiger partial charge in [0.25, 0.3) is 0 Å². The highest BCUT2D eigenvalue weighted by Gasteiger charge is 2.31. The molecule has 102 valence electrons. The van der Waals surface area contributed by atoms with E-state index in [0.717, 1.165) is 19.3 Å². The van der Waals surface area contributed by atoms with E-state index in [0.29, 0.717) is 12.2 Å². The van der Waals surface area contributed by atoms with Gasteiger partial charge in [0.1, 0.15) is 4.90 Å². The molecular formula is C12H20N2O3S. The Kier molecular flexibility index (Phi) is 3.79. The lowest BCUT2D eigenvalue weighted by molar-refractivity contribution is 0.268. The van der Waals surface area contributed by atoms with Crippen LogP contribution in [0.1, 0.15) is 31.9 Å². The highest BCUT2D eigenvalue weighted by atomic mass is 32.2. The monoisotopic (exact) mass is 272 g/mol. The van der Waals surface area contributed by atoms with Crippen LogP contribution in [0.15, 0.2) is 17.2 Å². The van der Waals surface area contributed by atoms with Crippen molar-refractivity contribution >= 4 is 10.0 Å². The smallest absolute Gasteiger partial charge is 0.244 e. The summed E-state index contributed by atoms with van der Waals surface area (Å²) in [7, 11) is -1.68. The fourth-order valence-electron chi connectivity index (χ4n) is 2.44.